The van der Waals surface area contributed by atoms with Crippen molar-refractivity contribution in [1.82, 2.24) is 9.97 Å². The maximum Gasteiger partial charge on any atom is 0.314 e. The second kappa shape index (κ2) is 6.54. The molecule has 4 nitrogen and oxygen atoms in total. The number of esters is 1. The predicted octanol–water partition coefficient (Wildman–Crippen LogP) is 5.32. The minimum Gasteiger partial charge on any atom is -0.426 e. The third-order valence-electron chi connectivity index (χ3n) is 4.07. The van der Waals surface area contributed by atoms with Gasteiger partial charge in [-0.3, -0.25) is 4.79 Å². The van der Waals surface area contributed by atoms with E-state index in [-0.39, 0.29) is 16.4 Å². The number of imidazole rings is 1. The third kappa shape index (κ3) is 3.41. The molecule has 126 valence electrons. The van der Waals surface area contributed by atoms with Gasteiger partial charge < -0.3 is 9.72 Å². The summed E-state index contributed by atoms with van der Waals surface area (Å²) < 4.78 is 5.74. The normalized spacial score (nSPS) is 13.7. The number of carbonyl (C=O) groups is 1. The summed E-state index contributed by atoms with van der Waals surface area (Å²) in [6, 6.07) is 13.1. The Hall–Kier alpha value is -2.30. The van der Waals surface area contributed by atoms with Gasteiger partial charge in [-0.15, -0.1) is 0 Å². The van der Waals surface area contributed by atoms with Crippen molar-refractivity contribution in [3.63, 3.8) is 0 Å². The number of hydrogen-bond donors (Lipinski definition) is 1. The van der Waals surface area contributed by atoms with E-state index in [1.807, 2.05) is 30.3 Å². The van der Waals surface area contributed by atoms with E-state index in [0.29, 0.717) is 17.1 Å². The number of ether oxygens (including phenoxy) is 1. The van der Waals surface area contributed by atoms with Crippen molar-refractivity contribution >= 4 is 46.3 Å². The van der Waals surface area contributed by atoms with Crippen molar-refractivity contribution in [2.24, 2.45) is 5.92 Å². The molecule has 1 fully saturated rings. The lowest BCUT2D eigenvalue weighted by Gasteiger charge is -2.11. The summed E-state index contributed by atoms with van der Waals surface area (Å²) in [6.07, 6.45) is 3.37. The van der Waals surface area contributed by atoms with E-state index in [0.717, 1.165) is 29.4 Å². The molecule has 0 atom stereocenters. The highest BCUT2D eigenvalue weighted by molar-refractivity contribution is 6.57. The topological polar surface area (TPSA) is 55.0 Å². The van der Waals surface area contributed by atoms with Crippen molar-refractivity contribution in [1.29, 1.82) is 0 Å². The lowest BCUT2D eigenvalue weighted by molar-refractivity contribution is -0.135. The van der Waals surface area contributed by atoms with Gasteiger partial charge in [0, 0.05) is 0 Å². The zero-order chi connectivity index (χ0) is 17.4. The number of carbonyl (C=O) groups excluding carboxylic acids is 1. The van der Waals surface area contributed by atoms with Crippen LogP contribution in [-0.2, 0) is 4.79 Å². The van der Waals surface area contributed by atoms with Crippen LogP contribution >= 0.6 is 23.2 Å². The number of aromatic nitrogens is 2. The highest BCUT2D eigenvalue weighted by atomic mass is 35.5. The fraction of sp³-hybridized carbons (Fsp3) is 0.158. The molecule has 1 heterocycles. The van der Waals surface area contributed by atoms with Crippen LogP contribution in [0.4, 0.5) is 0 Å². The molecular weight excluding hydrogens is 359 g/mol. The SMILES string of the molecule is O=C(Oc1cccc(C=C(Cl)Cl)c1-c1nc2ccccc2[nH]1)C1CC1. The van der Waals surface area contributed by atoms with E-state index in [1.54, 1.807) is 18.2 Å². The Bertz CT molecular complexity index is 953. The standard InChI is InChI=1S/C19H14Cl2N2O2/c20-16(21)10-12-4-3-7-15(25-19(24)11-8-9-11)17(12)18-22-13-5-1-2-6-14(13)23-18/h1-7,10-11H,8-9H2,(H,22,23). The van der Waals surface area contributed by atoms with Crippen LogP contribution in [0.5, 0.6) is 5.75 Å². The number of H-pyrrole nitrogens is 1. The van der Waals surface area contributed by atoms with Gasteiger partial charge in [0.15, 0.2) is 0 Å². The molecule has 1 saturated carbocycles. The van der Waals surface area contributed by atoms with E-state index in [4.69, 9.17) is 27.9 Å². The minimum absolute atomic E-state index is 0.000614. The van der Waals surface area contributed by atoms with E-state index < -0.39 is 0 Å². The Morgan fingerprint density at radius 3 is 2.68 bits per heavy atom. The number of aromatic amines is 1. The number of hydrogen-bond acceptors (Lipinski definition) is 3. The number of para-hydroxylation sites is 2. The first-order chi connectivity index (χ1) is 12.1. The van der Waals surface area contributed by atoms with Crippen molar-refractivity contribution < 1.29 is 9.53 Å². The molecule has 0 bridgehead atoms. The first kappa shape index (κ1) is 16.2. The van der Waals surface area contributed by atoms with Gasteiger partial charge >= 0.3 is 5.97 Å². The first-order valence-corrected chi connectivity index (χ1v) is 8.70. The summed E-state index contributed by atoms with van der Waals surface area (Å²) in [7, 11) is 0. The number of halogens is 2. The molecule has 0 saturated heterocycles. The molecule has 1 aliphatic carbocycles. The molecule has 1 aromatic heterocycles. The van der Waals surface area contributed by atoms with Gasteiger partial charge in [-0.1, -0.05) is 47.5 Å². The van der Waals surface area contributed by atoms with Crippen LogP contribution in [0.25, 0.3) is 28.5 Å². The van der Waals surface area contributed by atoms with Gasteiger partial charge in [0.25, 0.3) is 0 Å². The smallest absolute Gasteiger partial charge is 0.314 e. The molecule has 4 rings (SSSR count). The molecule has 0 spiro atoms. The van der Waals surface area contributed by atoms with Crippen molar-refractivity contribution in [3.05, 3.63) is 52.5 Å². The molecule has 6 heteroatoms. The second-order valence-electron chi connectivity index (χ2n) is 5.95. The third-order valence-corrected chi connectivity index (χ3v) is 4.29. The van der Waals surface area contributed by atoms with Crippen molar-refractivity contribution in [3.8, 4) is 17.1 Å². The fourth-order valence-electron chi connectivity index (χ4n) is 2.71. The number of fused-ring (bicyclic) bond motifs is 1. The Labute approximate surface area is 154 Å². The molecular formula is C19H14Cl2N2O2. The zero-order valence-electron chi connectivity index (χ0n) is 13.1. The highest BCUT2D eigenvalue weighted by Crippen LogP contribution is 2.37. The molecule has 1 aliphatic rings. The Kier molecular flexibility index (Phi) is 4.24. The van der Waals surface area contributed by atoms with E-state index in [9.17, 15) is 4.79 Å². The Morgan fingerprint density at radius 1 is 1.16 bits per heavy atom. The summed E-state index contributed by atoms with van der Waals surface area (Å²) in [4.78, 5) is 20.0. The molecule has 0 unspecified atom stereocenters. The molecule has 25 heavy (non-hydrogen) atoms. The summed E-state index contributed by atoms with van der Waals surface area (Å²) >= 11 is 11.7. The highest BCUT2D eigenvalue weighted by Gasteiger charge is 2.32. The van der Waals surface area contributed by atoms with E-state index in [1.165, 1.54) is 0 Å². The average Bonchev–Trinajstić information content (AvgIpc) is 3.34. The lowest BCUT2D eigenvalue weighted by Crippen LogP contribution is -2.11. The minimum atomic E-state index is -0.213. The molecule has 2 aromatic carbocycles. The maximum absolute atomic E-state index is 12.1. The van der Waals surface area contributed by atoms with Gasteiger partial charge in [-0.25, -0.2) is 4.98 Å². The number of rotatable bonds is 4. The van der Waals surface area contributed by atoms with Crippen LogP contribution in [-0.4, -0.2) is 15.9 Å². The molecule has 0 radical (unpaired) electrons. The summed E-state index contributed by atoms with van der Waals surface area (Å²) in [5.74, 6) is 0.829. The van der Waals surface area contributed by atoms with Crippen molar-refractivity contribution in [2.75, 3.05) is 0 Å². The molecule has 0 aliphatic heterocycles. The fourth-order valence-corrected chi connectivity index (χ4v) is 2.94. The number of benzene rings is 2. The van der Waals surface area contributed by atoms with Crippen LogP contribution in [0.15, 0.2) is 47.0 Å². The molecule has 1 N–H and O–H groups in total. The monoisotopic (exact) mass is 372 g/mol. The van der Waals surface area contributed by atoms with Gasteiger partial charge in [-0.05, 0) is 42.7 Å². The van der Waals surface area contributed by atoms with Gasteiger partial charge in [-0.2, -0.15) is 0 Å². The van der Waals surface area contributed by atoms with Crippen LogP contribution in [0.2, 0.25) is 0 Å². The second-order valence-corrected chi connectivity index (χ2v) is 6.96. The van der Waals surface area contributed by atoms with Gasteiger partial charge in [0.2, 0.25) is 0 Å². The Morgan fingerprint density at radius 2 is 1.96 bits per heavy atom. The van der Waals surface area contributed by atoms with Crippen LogP contribution in [0.1, 0.15) is 18.4 Å². The first-order valence-electron chi connectivity index (χ1n) is 7.94. The number of nitrogens with one attached hydrogen (secondary N) is 1. The zero-order valence-corrected chi connectivity index (χ0v) is 14.6. The molecule has 0 amide bonds. The molecule has 3 aromatic rings. The number of nitrogens with zero attached hydrogens (tertiary/aromatic N) is 1. The Balaban J connectivity index is 1.86. The van der Waals surface area contributed by atoms with E-state index >= 15 is 0 Å². The maximum atomic E-state index is 12.1. The van der Waals surface area contributed by atoms with Crippen LogP contribution in [0, 0.1) is 5.92 Å². The van der Waals surface area contributed by atoms with Gasteiger partial charge in [0.05, 0.1) is 22.5 Å². The van der Waals surface area contributed by atoms with E-state index in [2.05, 4.69) is 9.97 Å². The van der Waals surface area contributed by atoms with Crippen molar-refractivity contribution in [2.45, 2.75) is 12.8 Å². The lowest BCUT2D eigenvalue weighted by atomic mass is 10.1. The predicted molar refractivity (Wildman–Crippen MR) is 99.6 cm³/mol. The van der Waals surface area contributed by atoms with Gasteiger partial charge in [0.1, 0.15) is 16.1 Å². The van der Waals surface area contributed by atoms with Crippen LogP contribution < -0.4 is 4.74 Å². The average molecular weight is 373 g/mol. The summed E-state index contributed by atoms with van der Waals surface area (Å²) in [5, 5.41) is 0. The summed E-state index contributed by atoms with van der Waals surface area (Å²) in [5.41, 5.74) is 3.10. The quantitative estimate of drug-likeness (QED) is 0.497. The summed E-state index contributed by atoms with van der Waals surface area (Å²) in [6.45, 7) is 0. The largest absolute Gasteiger partial charge is 0.426 e. The van der Waals surface area contributed by atoms with Crippen LogP contribution in [0.3, 0.4) is 0 Å².